The third kappa shape index (κ3) is 2.68. The van der Waals surface area contributed by atoms with Crippen LogP contribution in [0.15, 0.2) is 52.5 Å². The molecule has 2 nitrogen and oxygen atoms in total. The highest BCUT2D eigenvalue weighted by Crippen LogP contribution is 2.42. The Balaban J connectivity index is 1.92. The maximum Gasteiger partial charge on any atom is 0.145 e. The molecule has 1 aromatic heterocycles. The SMILES string of the molecule is Cc1cc(C)c(-n2ccnc2-c2cccc3c2SCCS3)c(C)c1. The number of aromatic nitrogens is 2. The molecule has 0 saturated carbocycles. The topological polar surface area (TPSA) is 17.8 Å². The summed E-state index contributed by atoms with van der Waals surface area (Å²) in [6, 6.07) is 11.1. The second-order valence-electron chi connectivity index (χ2n) is 6.20. The highest BCUT2D eigenvalue weighted by molar-refractivity contribution is 8.05. The van der Waals surface area contributed by atoms with Crippen molar-refractivity contribution in [1.29, 1.82) is 0 Å². The summed E-state index contributed by atoms with van der Waals surface area (Å²) in [6.07, 6.45) is 3.99. The molecule has 4 heteroatoms. The first kappa shape index (κ1) is 15.9. The van der Waals surface area contributed by atoms with Crippen molar-refractivity contribution in [3.8, 4) is 17.1 Å². The van der Waals surface area contributed by atoms with Gasteiger partial charge in [-0.2, -0.15) is 0 Å². The number of thioether (sulfide) groups is 2. The van der Waals surface area contributed by atoms with E-state index in [-0.39, 0.29) is 0 Å². The second kappa shape index (κ2) is 6.34. The molecule has 2 aromatic carbocycles. The molecule has 4 rings (SSSR count). The summed E-state index contributed by atoms with van der Waals surface area (Å²) in [5, 5.41) is 0. The molecule has 1 aliphatic rings. The smallest absolute Gasteiger partial charge is 0.145 e. The van der Waals surface area contributed by atoms with Gasteiger partial charge in [0.25, 0.3) is 0 Å². The van der Waals surface area contributed by atoms with Gasteiger partial charge < -0.3 is 0 Å². The number of nitrogens with zero attached hydrogens (tertiary/aromatic N) is 2. The van der Waals surface area contributed by atoms with Gasteiger partial charge in [-0.05, 0) is 38.0 Å². The number of aryl methyl sites for hydroxylation is 3. The zero-order valence-electron chi connectivity index (χ0n) is 14.2. The summed E-state index contributed by atoms with van der Waals surface area (Å²) < 4.78 is 2.25. The van der Waals surface area contributed by atoms with Gasteiger partial charge in [-0.3, -0.25) is 4.57 Å². The molecule has 0 radical (unpaired) electrons. The lowest BCUT2D eigenvalue weighted by atomic mass is 10.0. The van der Waals surface area contributed by atoms with Gasteiger partial charge in [-0.15, -0.1) is 23.5 Å². The van der Waals surface area contributed by atoms with Gasteiger partial charge >= 0.3 is 0 Å². The normalized spacial score (nSPS) is 13.8. The Hall–Kier alpha value is -1.65. The average Bonchev–Trinajstić information content (AvgIpc) is 3.02. The Morgan fingerprint density at radius 2 is 1.75 bits per heavy atom. The first-order valence-electron chi connectivity index (χ1n) is 8.15. The summed E-state index contributed by atoms with van der Waals surface area (Å²) in [4.78, 5) is 7.48. The van der Waals surface area contributed by atoms with Gasteiger partial charge in [-0.1, -0.05) is 29.8 Å². The molecule has 0 fully saturated rings. The standard InChI is InChI=1S/C20H20N2S2/c1-13-11-14(2)18(15(3)12-13)22-8-7-21-20(22)16-5-4-6-17-19(16)24-10-9-23-17/h4-8,11-12H,9-10H2,1-3H3. The van der Waals surface area contributed by atoms with E-state index in [4.69, 9.17) is 4.98 Å². The van der Waals surface area contributed by atoms with Crippen LogP contribution in [-0.2, 0) is 0 Å². The zero-order valence-corrected chi connectivity index (χ0v) is 15.8. The van der Waals surface area contributed by atoms with Crippen molar-refractivity contribution in [3.63, 3.8) is 0 Å². The fraction of sp³-hybridized carbons (Fsp3) is 0.250. The van der Waals surface area contributed by atoms with Gasteiger partial charge in [-0.25, -0.2) is 4.98 Å². The van der Waals surface area contributed by atoms with Crippen molar-refractivity contribution in [3.05, 3.63) is 59.4 Å². The van der Waals surface area contributed by atoms with Crippen LogP contribution in [0.2, 0.25) is 0 Å². The summed E-state index contributed by atoms with van der Waals surface area (Å²) in [7, 11) is 0. The van der Waals surface area contributed by atoms with Crippen LogP contribution in [0.5, 0.6) is 0 Å². The number of rotatable bonds is 2. The molecule has 2 heterocycles. The average molecular weight is 353 g/mol. The van der Waals surface area contributed by atoms with Crippen LogP contribution in [0.3, 0.4) is 0 Å². The molecule has 0 spiro atoms. The Kier molecular flexibility index (Phi) is 4.19. The van der Waals surface area contributed by atoms with Crippen molar-refractivity contribution >= 4 is 23.5 Å². The van der Waals surface area contributed by atoms with E-state index in [1.807, 2.05) is 29.7 Å². The van der Waals surface area contributed by atoms with E-state index in [0.717, 1.165) is 11.6 Å². The molecule has 0 atom stereocenters. The Morgan fingerprint density at radius 1 is 1.00 bits per heavy atom. The molecule has 24 heavy (non-hydrogen) atoms. The Morgan fingerprint density at radius 3 is 2.54 bits per heavy atom. The van der Waals surface area contributed by atoms with E-state index in [1.54, 1.807) is 0 Å². The quantitative estimate of drug-likeness (QED) is 0.592. The molecular weight excluding hydrogens is 332 g/mol. The van der Waals surface area contributed by atoms with Crippen LogP contribution < -0.4 is 0 Å². The van der Waals surface area contributed by atoms with Crippen molar-refractivity contribution < 1.29 is 0 Å². The van der Waals surface area contributed by atoms with E-state index in [2.05, 4.69) is 61.9 Å². The van der Waals surface area contributed by atoms with E-state index in [1.165, 1.54) is 43.5 Å². The third-order valence-corrected chi connectivity index (χ3v) is 6.91. The van der Waals surface area contributed by atoms with Crippen molar-refractivity contribution in [2.45, 2.75) is 30.6 Å². The van der Waals surface area contributed by atoms with E-state index < -0.39 is 0 Å². The number of benzene rings is 2. The van der Waals surface area contributed by atoms with Gasteiger partial charge in [0.15, 0.2) is 0 Å². The Bertz CT molecular complexity index is 889. The number of hydrogen-bond donors (Lipinski definition) is 0. The first-order valence-corrected chi connectivity index (χ1v) is 10.1. The van der Waals surface area contributed by atoms with E-state index >= 15 is 0 Å². The lowest BCUT2D eigenvalue weighted by molar-refractivity contribution is 1.02. The molecule has 0 aliphatic carbocycles. The highest BCUT2D eigenvalue weighted by atomic mass is 32.2. The number of fused-ring (bicyclic) bond motifs is 1. The van der Waals surface area contributed by atoms with Crippen LogP contribution >= 0.6 is 23.5 Å². The van der Waals surface area contributed by atoms with Gasteiger partial charge in [0.1, 0.15) is 5.82 Å². The molecule has 1 aliphatic heterocycles. The third-order valence-electron chi connectivity index (χ3n) is 4.32. The molecule has 3 aromatic rings. The lowest BCUT2D eigenvalue weighted by Gasteiger charge is -2.20. The minimum Gasteiger partial charge on any atom is -0.299 e. The predicted molar refractivity (Wildman–Crippen MR) is 105 cm³/mol. The van der Waals surface area contributed by atoms with Crippen LogP contribution in [0.1, 0.15) is 16.7 Å². The first-order chi connectivity index (χ1) is 11.6. The van der Waals surface area contributed by atoms with Crippen molar-refractivity contribution in [2.75, 3.05) is 11.5 Å². The summed E-state index contributed by atoms with van der Waals surface area (Å²) in [5.41, 5.74) is 6.38. The Labute approximate surface area is 151 Å². The minimum absolute atomic E-state index is 1.04. The zero-order chi connectivity index (χ0) is 16.7. The maximum atomic E-state index is 4.72. The molecule has 0 saturated heterocycles. The molecule has 0 amide bonds. The lowest BCUT2D eigenvalue weighted by Crippen LogP contribution is -2.04. The largest absolute Gasteiger partial charge is 0.299 e. The fourth-order valence-corrected chi connectivity index (χ4v) is 5.87. The van der Waals surface area contributed by atoms with Crippen LogP contribution in [-0.4, -0.2) is 21.1 Å². The van der Waals surface area contributed by atoms with Crippen LogP contribution in [0, 0.1) is 20.8 Å². The molecule has 0 bridgehead atoms. The number of imidazole rings is 1. The monoisotopic (exact) mass is 352 g/mol. The highest BCUT2D eigenvalue weighted by Gasteiger charge is 2.19. The predicted octanol–water partition coefficient (Wildman–Crippen LogP) is 5.66. The molecule has 0 unspecified atom stereocenters. The summed E-state index contributed by atoms with van der Waals surface area (Å²) in [5.74, 6) is 3.39. The van der Waals surface area contributed by atoms with Crippen molar-refractivity contribution in [2.24, 2.45) is 0 Å². The van der Waals surface area contributed by atoms with E-state index in [9.17, 15) is 0 Å². The van der Waals surface area contributed by atoms with Crippen LogP contribution in [0.25, 0.3) is 17.1 Å². The maximum absolute atomic E-state index is 4.72. The molecule has 122 valence electrons. The summed E-state index contributed by atoms with van der Waals surface area (Å²) >= 11 is 3.91. The minimum atomic E-state index is 1.04. The van der Waals surface area contributed by atoms with Gasteiger partial charge in [0.2, 0.25) is 0 Å². The second-order valence-corrected chi connectivity index (χ2v) is 8.44. The van der Waals surface area contributed by atoms with Gasteiger partial charge in [0, 0.05) is 39.3 Å². The summed E-state index contributed by atoms with van der Waals surface area (Å²) in [6.45, 7) is 6.52. The number of hydrogen-bond acceptors (Lipinski definition) is 3. The van der Waals surface area contributed by atoms with E-state index in [0.29, 0.717) is 0 Å². The van der Waals surface area contributed by atoms with Crippen molar-refractivity contribution in [1.82, 2.24) is 9.55 Å². The molecule has 0 N–H and O–H groups in total. The fourth-order valence-electron chi connectivity index (χ4n) is 3.49. The molecular formula is C20H20N2S2. The van der Waals surface area contributed by atoms with Gasteiger partial charge in [0.05, 0.1) is 5.69 Å². The van der Waals surface area contributed by atoms with Crippen LogP contribution in [0.4, 0.5) is 0 Å².